The highest BCUT2D eigenvalue weighted by molar-refractivity contribution is 9.10. The largest absolute Gasteiger partial charge is 0.398 e. The number of hydrogen-bond acceptors (Lipinski definition) is 2. The fourth-order valence-electron chi connectivity index (χ4n) is 1.58. The molecular weight excluding hydrogens is 313 g/mol. The lowest BCUT2D eigenvalue weighted by molar-refractivity contribution is 0.626. The van der Waals surface area contributed by atoms with Crippen molar-refractivity contribution in [3.8, 4) is 0 Å². The van der Waals surface area contributed by atoms with Gasteiger partial charge < -0.3 is 5.73 Å². The summed E-state index contributed by atoms with van der Waals surface area (Å²) in [6, 6.07) is 10.7. The van der Waals surface area contributed by atoms with Gasteiger partial charge in [0, 0.05) is 20.8 Å². The Morgan fingerprint density at radius 2 is 2.06 bits per heavy atom. The number of nitrogens with two attached hydrogens (primary N) is 1. The van der Waals surface area contributed by atoms with Crippen molar-refractivity contribution in [3.05, 3.63) is 57.8 Å². The van der Waals surface area contributed by atoms with Crippen molar-refractivity contribution in [1.82, 2.24) is 0 Å². The molecule has 0 radical (unpaired) electrons. The second kappa shape index (κ2) is 5.76. The quantitative estimate of drug-likeness (QED) is 0.649. The summed E-state index contributed by atoms with van der Waals surface area (Å²) < 4.78 is 13.8. The Bertz CT molecular complexity index is 572. The van der Waals surface area contributed by atoms with E-state index in [4.69, 9.17) is 5.73 Å². The summed E-state index contributed by atoms with van der Waals surface area (Å²) in [7, 11) is 0. The van der Waals surface area contributed by atoms with Gasteiger partial charge in [-0.05, 0) is 42.3 Å². The minimum absolute atomic E-state index is 0.226. The third kappa shape index (κ3) is 3.06. The first kappa shape index (κ1) is 13.4. The van der Waals surface area contributed by atoms with Gasteiger partial charge in [0.15, 0.2) is 0 Å². The lowest BCUT2D eigenvalue weighted by Crippen LogP contribution is -1.91. The van der Waals surface area contributed by atoms with Gasteiger partial charge in [0.2, 0.25) is 0 Å². The van der Waals surface area contributed by atoms with E-state index < -0.39 is 0 Å². The van der Waals surface area contributed by atoms with Crippen LogP contribution in [0.4, 0.5) is 10.1 Å². The summed E-state index contributed by atoms with van der Waals surface area (Å²) in [5, 5.41) is 0. The van der Waals surface area contributed by atoms with Crippen LogP contribution in [0.25, 0.3) is 0 Å². The first-order chi connectivity index (χ1) is 8.58. The molecule has 1 nitrogen and oxygen atoms in total. The normalized spacial score (nSPS) is 10.6. The van der Waals surface area contributed by atoms with Gasteiger partial charge in [-0.1, -0.05) is 28.1 Å². The highest BCUT2D eigenvalue weighted by Gasteiger charge is 2.05. The molecule has 0 saturated heterocycles. The summed E-state index contributed by atoms with van der Waals surface area (Å²) in [4.78, 5) is 1.16. The van der Waals surface area contributed by atoms with Gasteiger partial charge in [0.05, 0.1) is 0 Å². The van der Waals surface area contributed by atoms with Gasteiger partial charge in [0.1, 0.15) is 5.82 Å². The molecule has 0 spiro atoms. The van der Waals surface area contributed by atoms with Crippen molar-refractivity contribution in [2.75, 3.05) is 5.73 Å². The van der Waals surface area contributed by atoms with Crippen LogP contribution in [0.3, 0.4) is 0 Å². The molecule has 18 heavy (non-hydrogen) atoms. The highest BCUT2D eigenvalue weighted by atomic mass is 79.9. The molecule has 0 unspecified atom stereocenters. The lowest BCUT2D eigenvalue weighted by Gasteiger charge is -2.09. The molecule has 0 bridgehead atoms. The molecule has 0 saturated carbocycles. The number of halogens is 2. The molecule has 0 aliphatic heterocycles. The summed E-state index contributed by atoms with van der Waals surface area (Å²) in [6.45, 7) is 2.01. The van der Waals surface area contributed by atoms with Gasteiger partial charge in [-0.2, -0.15) is 0 Å². The summed E-state index contributed by atoms with van der Waals surface area (Å²) in [5.74, 6) is 0.557. The molecule has 2 aromatic rings. The molecule has 0 amide bonds. The number of anilines is 1. The van der Waals surface area contributed by atoms with Crippen LogP contribution in [-0.4, -0.2) is 0 Å². The zero-order chi connectivity index (χ0) is 13.1. The fraction of sp³-hybridized carbons (Fsp3) is 0.143. The van der Waals surface area contributed by atoms with E-state index in [0.29, 0.717) is 0 Å². The van der Waals surface area contributed by atoms with Crippen LogP contribution in [-0.2, 0) is 5.75 Å². The number of thioether (sulfide) groups is 1. The van der Waals surface area contributed by atoms with Crippen molar-refractivity contribution >= 4 is 33.4 Å². The van der Waals surface area contributed by atoms with E-state index in [0.717, 1.165) is 31.9 Å². The number of rotatable bonds is 3. The van der Waals surface area contributed by atoms with Crippen LogP contribution in [0.5, 0.6) is 0 Å². The number of benzene rings is 2. The standard InChI is InChI=1S/C14H13BrFNS/c1-9-13(17)3-2-4-14(9)18-8-10-5-6-11(16)7-12(10)15/h2-7H,8,17H2,1H3. The van der Waals surface area contributed by atoms with E-state index in [1.807, 2.05) is 25.1 Å². The zero-order valence-electron chi connectivity index (χ0n) is 9.91. The second-order valence-corrected chi connectivity index (χ2v) is 5.87. The van der Waals surface area contributed by atoms with Crippen LogP contribution in [0.2, 0.25) is 0 Å². The van der Waals surface area contributed by atoms with Crippen LogP contribution < -0.4 is 5.73 Å². The molecule has 2 rings (SSSR count). The van der Waals surface area contributed by atoms with Gasteiger partial charge >= 0.3 is 0 Å². The van der Waals surface area contributed by atoms with E-state index >= 15 is 0 Å². The first-order valence-electron chi connectivity index (χ1n) is 5.50. The molecule has 0 heterocycles. The van der Waals surface area contributed by atoms with Crippen LogP contribution in [0.1, 0.15) is 11.1 Å². The monoisotopic (exact) mass is 325 g/mol. The minimum Gasteiger partial charge on any atom is -0.398 e. The molecule has 2 aromatic carbocycles. The average Bonchev–Trinajstić information content (AvgIpc) is 2.33. The third-order valence-corrected chi connectivity index (χ3v) is 4.67. The maximum Gasteiger partial charge on any atom is 0.124 e. The smallest absolute Gasteiger partial charge is 0.124 e. The van der Waals surface area contributed by atoms with Gasteiger partial charge in [0.25, 0.3) is 0 Å². The van der Waals surface area contributed by atoms with Gasteiger partial charge in [-0.3, -0.25) is 0 Å². The zero-order valence-corrected chi connectivity index (χ0v) is 12.3. The van der Waals surface area contributed by atoms with Crippen molar-refractivity contribution in [2.24, 2.45) is 0 Å². The Morgan fingerprint density at radius 1 is 1.28 bits per heavy atom. The molecule has 94 valence electrons. The SMILES string of the molecule is Cc1c(N)cccc1SCc1ccc(F)cc1Br. The average molecular weight is 326 g/mol. The summed E-state index contributed by atoms with van der Waals surface area (Å²) in [5.41, 5.74) is 8.84. The van der Waals surface area contributed by atoms with Crippen molar-refractivity contribution in [1.29, 1.82) is 0 Å². The van der Waals surface area contributed by atoms with Crippen molar-refractivity contribution in [2.45, 2.75) is 17.6 Å². The first-order valence-corrected chi connectivity index (χ1v) is 7.27. The molecule has 4 heteroatoms. The highest BCUT2D eigenvalue weighted by Crippen LogP contribution is 2.31. The van der Waals surface area contributed by atoms with E-state index in [2.05, 4.69) is 15.9 Å². The molecule has 0 aliphatic carbocycles. The Morgan fingerprint density at radius 3 is 2.78 bits per heavy atom. The van der Waals surface area contributed by atoms with E-state index in [9.17, 15) is 4.39 Å². The lowest BCUT2D eigenvalue weighted by atomic mass is 10.2. The van der Waals surface area contributed by atoms with Crippen LogP contribution >= 0.6 is 27.7 Å². The van der Waals surface area contributed by atoms with Gasteiger partial charge in [-0.25, -0.2) is 4.39 Å². The number of nitrogen functional groups attached to an aromatic ring is 1. The predicted octanol–water partition coefficient (Wildman–Crippen LogP) is 4.77. The molecular formula is C14H13BrFNS. The van der Waals surface area contributed by atoms with Crippen molar-refractivity contribution < 1.29 is 4.39 Å². The van der Waals surface area contributed by atoms with E-state index in [1.165, 1.54) is 12.1 Å². The van der Waals surface area contributed by atoms with E-state index in [-0.39, 0.29) is 5.82 Å². The Hall–Kier alpha value is -1.00. The summed E-state index contributed by atoms with van der Waals surface area (Å²) >= 11 is 5.08. The maximum absolute atomic E-state index is 13.0. The Balaban J connectivity index is 2.14. The Kier molecular flexibility index (Phi) is 4.30. The van der Waals surface area contributed by atoms with Crippen molar-refractivity contribution in [3.63, 3.8) is 0 Å². The van der Waals surface area contributed by atoms with Crippen LogP contribution in [0.15, 0.2) is 45.8 Å². The summed E-state index contributed by atoms with van der Waals surface area (Å²) in [6.07, 6.45) is 0. The Labute approximate surface area is 119 Å². The molecule has 0 aromatic heterocycles. The van der Waals surface area contributed by atoms with Crippen LogP contribution in [0, 0.1) is 12.7 Å². The molecule has 2 N–H and O–H groups in total. The fourth-order valence-corrected chi connectivity index (χ4v) is 3.33. The van der Waals surface area contributed by atoms with E-state index in [1.54, 1.807) is 17.8 Å². The molecule has 0 aliphatic rings. The number of hydrogen-bond donors (Lipinski definition) is 1. The topological polar surface area (TPSA) is 26.0 Å². The molecule has 0 atom stereocenters. The second-order valence-electron chi connectivity index (χ2n) is 3.99. The third-order valence-electron chi connectivity index (χ3n) is 2.72. The maximum atomic E-state index is 13.0. The predicted molar refractivity (Wildman–Crippen MR) is 79.3 cm³/mol. The minimum atomic E-state index is -0.226. The molecule has 0 fully saturated rings. The van der Waals surface area contributed by atoms with Gasteiger partial charge in [-0.15, -0.1) is 11.8 Å².